The molecule has 0 saturated heterocycles. The second-order valence-corrected chi connectivity index (χ2v) is 4.03. The Morgan fingerprint density at radius 3 is 2.84 bits per heavy atom. The number of carbonyl (C=O) groups excluding carboxylic acids is 2. The zero-order chi connectivity index (χ0) is 14.3. The van der Waals surface area contributed by atoms with E-state index in [4.69, 9.17) is 5.84 Å². The van der Waals surface area contributed by atoms with Crippen LogP contribution in [0.25, 0.3) is 0 Å². The van der Waals surface area contributed by atoms with Gasteiger partial charge < -0.3 is 16.1 Å². The third kappa shape index (κ3) is 4.22. The number of hydrogen-bond acceptors (Lipinski definition) is 5. The monoisotopic (exact) mass is 265 g/mol. The fourth-order valence-electron chi connectivity index (χ4n) is 1.44. The van der Waals surface area contributed by atoms with Gasteiger partial charge in [-0.1, -0.05) is 6.92 Å². The number of carbonyl (C=O) groups is 2. The van der Waals surface area contributed by atoms with Crippen LogP contribution in [0.1, 0.15) is 30.6 Å². The third-order valence-corrected chi connectivity index (χ3v) is 2.48. The summed E-state index contributed by atoms with van der Waals surface area (Å²) in [6.07, 6.45) is 2.36. The first-order chi connectivity index (χ1) is 9.10. The summed E-state index contributed by atoms with van der Waals surface area (Å²) in [5.74, 6) is 4.91. The number of nitrogens with one attached hydrogen (secondary N) is 3. The van der Waals surface area contributed by atoms with Crippen LogP contribution in [0.5, 0.6) is 0 Å². The molecule has 1 unspecified atom stereocenters. The zero-order valence-corrected chi connectivity index (χ0v) is 11.1. The SMILES string of the molecule is CCCNC(=O)C(C)NC(=O)c1cccnc1NN. The van der Waals surface area contributed by atoms with E-state index in [9.17, 15) is 9.59 Å². The molecule has 0 aliphatic rings. The molecule has 5 N–H and O–H groups in total. The fourth-order valence-corrected chi connectivity index (χ4v) is 1.44. The van der Waals surface area contributed by atoms with Gasteiger partial charge in [0.25, 0.3) is 5.91 Å². The normalized spacial score (nSPS) is 11.5. The minimum absolute atomic E-state index is 0.221. The minimum atomic E-state index is -0.620. The average Bonchev–Trinajstić information content (AvgIpc) is 2.44. The van der Waals surface area contributed by atoms with Crippen LogP contribution in [0.15, 0.2) is 18.3 Å². The molecule has 1 rings (SSSR count). The van der Waals surface area contributed by atoms with Gasteiger partial charge in [0.15, 0.2) is 5.82 Å². The molecule has 1 aromatic rings. The van der Waals surface area contributed by atoms with Crippen molar-refractivity contribution in [2.24, 2.45) is 5.84 Å². The highest BCUT2D eigenvalue weighted by atomic mass is 16.2. The first kappa shape index (κ1) is 14.9. The maximum atomic E-state index is 12.0. The van der Waals surface area contributed by atoms with Crippen molar-refractivity contribution in [3.8, 4) is 0 Å². The molecular formula is C12H19N5O2. The molecule has 104 valence electrons. The number of hydrazine groups is 1. The largest absolute Gasteiger partial charge is 0.354 e. The van der Waals surface area contributed by atoms with Crippen molar-refractivity contribution in [3.05, 3.63) is 23.9 Å². The van der Waals surface area contributed by atoms with Crippen molar-refractivity contribution in [1.29, 1.82) is 0 Å². The van der Waals surface area contributed by atoms with E-state index < -0.39 is 11.9 Å². The fraction of sp³-hybridized carbons (Fsp3) is 0.417. The second-order valence-electron chi connectivity index (χ2n) is 4.03. The van der Waals surface area contributed by atoms with Crippen LogP contribution >= 0.6 is 0 Å². The first-order valence-corrected chi connectivity index (χ1v) is 6.10. The van der Waals surface area contributed by atoms with E-state index in [2.05, 4.69) is 21.0 Å². The Balaban J connectivity index is 2.66. The van der Waals surface area contributed by atoms with Crippen LogP contribution in [0, 0.1) is 0 Å². The van der Waals surface area contributed by atoms with Crippen molar-refractivity contribution < 1.29 is 9.59 Å². The molecule has 0 bridgehead atoms. The summed E-state index contributed by atoms with van der Waals surface area (Å²) in [4.78, 5) is 27.6. The van der Waals surface area contributed by atoms with E-state index in [0.717, 1.165) is 6.42 Å². The van der Waals surface area contributed by atoms with Gasteiger partial charge in [0.2, 0.25) is 5.91 Å². The minimum Gasteiger partial charge on any atom is -0.354 e. The van der Waals surface area contributed by atoms with Crippen molar-refractivity contribution >= 4 is 17.6 Å². The summed E-state index contributed by atoms with van der Waals surface area (Å²) >= 11 is 0. The Morgan fingerprint density at radius 1 is 1.47 bits per heavy atom. The van der Waals surface area contributed by atoms with Gasteiger partial charge in [-0.2, -0.15) is 0 Å². The molecule has 19 heavy (non-hydrogen) atoms. The maximum Gasteiger partial charge on any atom is 0.255 e. The Morgan fingerprint density at radius 2 is 2.21 bits per heavy atom. The van der Waals surface area contributed by atoms with Gasteiger partial charge in [0.1, 0.15) is 6.04 Å². The summed E-state index contributed by atoms with van der Waals surface area (Å²) in [7, 11) is 0. The van der Waals surface area contributed by atoms with E-state index in [-0.39, 0.29) is 11.7 Å². The quantitative estimate of drug-likeness (QED) is 0.428. The number of aromatic nitrogens is 1. The lowest BCUT2D eigenvalue weighted by atomic mass is 10.2. The zero-order valence-electron chi connectivity index (χ0n) is 11.1. The van der Waals surface area contributed by atoms with Gasteiger partial charge >= 0.3 is 0 Å². The molecular weight excluding hydrogens is 246 g/mol. The van der Waals surface area contributed by atoms with E-state index in [0.29, 0.717) is 12.1 Å². The predicted molar refractivity (Wildman–Crippen MR) is 72.3 cm³/mol. The molecule has 7 heteroatoms. The van der Waals surface area contributed by atoms with Crippen LogP contribution in [-0.2, 0) is 4.79 Å². The van der Waals surface area contributed by atoms with Crippen LogP contribution in [-0.4, -0.2) is 29.4 Å². The van der Waals surface area contributed by atoms with Crippen molar-refractivity contribution in [1.82, 2.24) is 15.6 Å². The summed E-state index contributed by atoms with van der Waals surface area (Å²) in [5.41, 5.74) is 2.63. The van der Waals surface area contributed by atoms with E-state index in [1.165, 1.54) is 6.20 Å². The number of anilines is 1. The Labute approximate surface area is 111 Å². The standard InChI is InChI=1S/C12H19N5O2/c1-3-6-15-11(18)8(2)16-12(19)9-5-4-7-14-10(9)17-13/h4-5,7-8H,3,6,13H2,1-2H3,(H,14,17)(H,15,18)(H,16,19). The number of rotatable bonds is 6. The molecule has 0 aliphatic carbocycles. The summed E-state index contributed by atoms with van der Waals surface area (Å²) < 4.78 is 0. The smallest absolute Gasteiger partial charge is 0.255 e. The van der Waals surface area contributed by atoms with E-state index >= 15 is 0 Å². The van der Waals surface area contributed by atoms with E-state index in [1.807, 2.05) is 6.92 Å². The lowest BCUT2D eigenvalue weighted by Crippen LogP contribution is -2.45. The maximum absolute atomic E-state index is 12.0. The highest BCUT2D eigenvalue weighted by Crippen LogP contribution is 2.09. The number of nitrogens with zero attached hydrogens (tertiary/aromatic N) is 1. The molecule has 0 radical (unpaired) electrons. The van der Waals surface area contributed by atoms with Gasteiger partial charge in [-0.25, -0.2) is 10.8 Å². The Hall–Kier alpha value is -2.15. The van der Waals surface area contributed by atoms with Crippen LogP contribution in [0.4, 0.5) is 5.82 Å². The number of nitrogens with two attached hydrogens (primary N) is 1. The molecule has 0 spiro atoms. The molecule has 7 nitrogen and oxygen atoms in total. The average molecular weight is 265 g/mol. The van der Waals surface area contributed by atoms with Crippen LogP contribution in [0.2, 0.25) is 0 Å². The van der Waals surface area contributed by atoms with Crippen LogP contribution in [0.3, 0.4) is 0 Å². The molecule has 0 fully saturated rings. The van der Waals surface area contributed by atoms with Gasteiger partial charge in [-0.05, 0) is 25.5 Å². The molecule has 0 aromatic carbocycles. The van der Waals surface area contributed by atoms with Crippen LogP contribution < -0.4 is 21.9 Å². The highest BCUT2D eigenvalue weighted by molar-refractivity contribution is 6.00. The summed E-state index contributed by atoms with van der Waals surface area (Å²) in [6.45, 7) is 4.16. The van der Waals surface area contributed by atoms with Crippen molar-refractivity contribution in [2.45, 2.75) is 26.3 Å². The number of nitrogen functional groups attached to an aromatic ring is 1. The molecule has 0 saturated carbocycles. The molecule has 2 amide bonds. The third-order valence-electron chi connectivity index (χ3n) is 2.48. The molecule has 1 aromatic heterocycles. The lowest BCUT2D eigenvalue weighted by Gasteiger charge is -2.14. The first-order valence-electron chi connectivity index (χ1n) is 6.10. The van der Waals surface area contributed by atoms with Gasteiger partial charge in [0, 0.05) is 12.7 Å². The van der Waals surface area contributed by atoms with Gasteiger partial charge in [0.05, 0.1) is 5.56 Å². The number of amides is 2. The van der Waals surface area contributed by atoms with Gasteiger partial charge in [-0.15, -0.1) is 0 Å². The second kappa shape index (κ2) is 7.32. The number of pyridine rings is 1. The lowest BCUT2D eigenvalue weighted by molar-refractivity contribution is -0.122. The van der Waals surface area contributed by atoms with E-state index in [1.54, 1.807) is 19.1 Å². The summed E-state index contributed by atoms with van der Waals surface area (Å²) in [5, 5.41) is 5.30. The van der Waals surface area contributed by atoms with Crippen molar-refractivity contribution in [2.75, 3.05) is 12.0 Å². The Kier molecular flexibility index (Phi) is 5.74. The highest BCUT2D eigenvalue weighted by Gasteiger charge is 2.18. The topological polar surface area (TPSA) is 109 Å². The van der Waals surface area contributed by atoms with Gasteiger partial charge in [-0.3, -0.25) is 9.59 Å². The summed E-state index contributed by atoms with van der Waals surface area (Å²) in [6, 6.07) is 2.58. The Bertz CT molecular complexity index is 450. The number of hydrogen-bond donors (Lipinski definition) is 4. The molecule has 1 heterocycles. The predicted octanol–water partition coefficient (Wildman–Crippen LogP) is 0.0117. The molecule has 1 atom stereocenters. The molecule has 0 aliphatic heterocycles. The van der Waals surface area contributed by atoms with Crippen molar-refractivity contribution in [3.63, 3.8) is 0 Å².